The molecular formula is C24H22N2O6S. The molecule has 1 aliphatic rings. The first-order chi connectivity index (χ1) is 15.9. The van der Waals surface area contributed by atoms with Crippen LogP contribution in [0.25, 0.3) is 11.1 Å². The average molecular weight is 467 g/mol. The summed E-state index contributed by atoms with van der Waals surface area (Å²) >= 11 is 1.16. The Morgan fingerprint density at radius 1 is 1.15 bits per heavy atom. The maximum absolute atomic E-state index is 13.2. The number of rotatable bonds is 6. The van der Waals surface area contributed by atoms with Crippen LogP contribution in [0.2, 0.25) is 0 Å². The molecule has 1 unspecified atom stereocenters. The van der Waals surface area contributed by atoms with Gasteiger partial charge in [-0.2, -0.15) is 0 Å². The highest BCUT2D eigenvalue weighted by molar-refractivity contribution is 7.15. The SMILES string of the molecule is CCOC(=O)c1c(-c2ccc(OC)cc2)csc1NC(=O)C1(C)Oc2ccccc2NC1=O. The van der Waals surface area contributed by atoms with Gasteiger partial charge in [0.25, 0.3) is 17.4 Å². The highest BCUT2D eigenvalue weighted by Crippen LogP contribution is 2.38. The molecule has 0 bridgehead atoms. The lowest BCUT2D eigenvalue weighted by atomic mass is 10.0. The van der Waals surface area contributed by atoms with Crippen molar-refractivity contribution in [2.45, 2.75) is 19.4 Å². The zero-order valence-electron chi connectivity index (χ0n) is 18.3. The van der Waals surface area contributed by atoms with E-state index in [1.165, 1.54) is 6.92 Å². The van der Waals surface area contributed by atoms with E-state index in [-0.39, 0.29) is 17.2 Å². The molecule has 0 aliphatic carbocycles. The number of hydrogen-bond donors (Lipinski definition) is 2. The summed E-state index contributed by atoms with van der Waals surface area (Å²) in [4.78, 5) is 38.7. The smallest absolute Gasteiger partial charge is 0.341 e. The van der Waals surface area contributed by atoms with Crippen molar-refractivity contribution in [3.05, 3.63) is 59.5 Å². The Labute approximate surface area is 194 Å². The van der Waals surface area contributed by atoms with Crippen molar-refractivity contribution in [1.82, 2.24) is 0 Å². The highest BCUT2D eigenvalue weighted by atomic mass is 32.1. The van der Waals surface area contributed by atoms with Gasteiger partial charge >= 0.3 is 5.97 Å². The maximum Gasteiger partial charge on any atom is 0.341 e. The molecule has 8 nitrogen and oxygen atoms in total. The van der Waals surface area contributed by atoms with Crippen LogP contribution in [0, 0.1) is 0 Å². The molecule has 0 fully saturated rings. The number of anilines is 2. The van der Waals surface area contributed by atoms with Crippen LogP contribution in [0.15, 0.2) is 53.9 Å². The monoisotopic (exact) mass is 466 g/mol. The molecule has 1 aromatic heterocycles. The zero-order chi connectivity index (χ0) is 23.6. The minimum Gasteiger partial charge on any atom is -0.497 e. The van der Waals surface area contributed by atoms with Gasteiger partial charge in [-0.05, 0) is 43.7 Å². The fraction of sp³-hybridized carbons (Fsp3) is 0.208. The summed E-state index contributed by atoms with van der Waals surface area (Å²) in [5.74, 6) is -0.838. The minimum absolute atomic E-state index is 0.171. The van der Waals surface area contributed by atoms with Crippen LogP contribution in [-0.2, 0) is 14.3 Å². The average Bonchev–Trinajstić information content (AvgIpc) is 3.23. The fourth-order valence-corrected chi connectivity index (χ4v) is 4.33. The number of para-hydroxylation sites is 2. The van der Waals surface area contributed by atoms with Crippen LogP contribution < -0.4 is 20.1 Å². The number of nitrogens with one attached hydrogen (secondary N) is 2. The van der Waals surface area contributed by atoms with Gasteiger partial charge in [-0.3, -0.25) is 9.59 Å². The van der Waals surface area contributed by atoms with E-state index in [0.717, 1.165) is 16.9 Å². The highest BCUT2D eigenvalue weighted by Gasteiger charge is 2.47. The van der Waals surface area contributed by atoms with Gasteiger partial charge in [0, 0.05) is 10.9 Å². The lowest BCUT2D eigenvalue weighted by molar-refractivity contribution is -0.143. The third-order valence-corrected chi connectivity index (χ3v) is 6.11. The van der Waals surface area contributed by atoms with Crippen LogP contribution in [0.3, 0.4) is 0 Å². The van der Waals surface area contributed by atoms with E-state index in [9.17, 15) is 14.4 Å². The molecule has 0 saturated heterocycles. The topological polar surface area (TPSA) is 103 Å². The van der Waals surface area contributed by atoms with E-state index >= 15 is 0 Å². The molecule has 9 heteroatoms. The van der Waals surface area contributed by atoms with Crippen molar-refractivity contribution in [1.29, 1.82) is 0 Å². The largest absolute Gasteiger partial charge is 0.497 e. The summed E-state index contributed by atoms with van der Waals surface area (Å²) in [6, 6.07) is 14.0. The number of benzene rings is 2. The number of esters is 1. The summed E-state index contributed by atoms with van der Waals surface area (Å²) in [5, 5.41) is 7.41. The van der Waals surface area contributed by atoms with Crippen molar-refractivity contribution < 1.29 is 28.6 Å². The van der Waals surface area contributed by atoms with Crippen molar-refractivity contribution in [3.8, 4) is 22.6 Å². The molecule has 170 valence electrons. The first kappa shape index (κ1) is 22.3. The number of carbonyl (C=O) groups is 3. The van der Waals surface area contributed by atoms with E-state index < -0.39 is 23.4 Å². The predicted molar refractivity (Wildman–Crippen MR) is 125 cm³/mol. The number of methoxy groups -OCH3 is 1. The van der Waals surface area contributed by atoms with Crippen molar-refractivity contribution in [3.63, 3.8) is 0 Å². The molecule has 2 amide bonds. The first-order valence-corrected chi connectivity index (χ1v) is 11.1. The molecule has 2 heterocycles. The second-order valence-electron chi connectivity index (χ2n) is 7.34. The van der Waals surface area contributed by atoms with Gasteiger partial charge in [-0.1, -0.05) is 24.3 Å². The standard InChI is InChI=1S/C24H22N2O6S/c1-4-31-21(27)19-16(14-9-11-15(30-3)12-10-14)13-33-20(19)26-23(29)24(2)22(28)25-17-7-5-6-8-18(17)32-24/h5-13H,4H2,1-3H3,(H,25,28)(H,26,29). The number of amides is 2. The molecule has 2 aromatic carbocycles. The molecule has 2 N–H and O–H groups in total. The third kappa shape index (κ3) is 4.14. The summed E-state index contributed by atoms with van der Waals surface area (Å²) in [5.41, 5.74) is 0.215. The Hall–Kier alpha value is -3.85. The predicted octanol–water partition coefficient (Wildman–Crippen LogP) is 4.33. The van der Waals surface area contributed by atoms with Crippen LogP contribution in [-0.4, -0.2) is 37.1 Å². The van der Waals surface area contributed by atoms with Crippen molar-refractivity contribution in [2.75, 3.05) is 24.4 Å². The normalized spacial score (nSPS) is 16.8. The van der Waals surface area contributed by atoms with E-state index in [1.54, 1.807) is 55.8 Å². The summed E-state index contributed by atoms with van der Waals surface area (Å²) < 4.78 is 16.2. The lowest BCUT2D eigenvalue weighted by Crippen LogP contribution is -2.56. The molecular weight excluding hydrogens is 444 g/mol. The van der Waals surface area contributed by atoms with E-state index in [1.807, 2.05) is 12.1 Å². The number of carbonyl (C=O) groups excluding carboxylic acids is 3. The van der Waals surface area contributed by atoms with E-state index in [0.29, 0.717) is 22.7 Å². The van der Waals surface area contributed by atoms with Crippen LogP contribution in [0.1, 0.15) is 24.2 Å². The minimum atomic E-state index is -1.83. The molecule has 1 aliphatic heterocycles. The van der Waals surface area contributed by atoms with Gasteiger partial charge in [-0.15, -0.1) is 11.3 Å². The van der Waals surface area contributed by atoms with Crippen LogP contribution in [0.5, 0.6) is 11.5 Å². The Morgan fingerprint density at radius 2 is 1.88 bits per heavy atom. The Morgan fingerprint density at radius 3 is 2.58 bits per heavy atom. The summed E-state index contributed by atoms with van der Waals surface area (Å²) in [7, 11) is 1.57. The van der Waals surface area contributed by atoms with Gasteiger partial charge < -0.3 is 24.8 Å². The zero-order valence-corrected chi connectivity index (χ0v) is 19.1. The van der Waals surface area contributed by atoms with Crippen LogP contribution in [0.4, 0.5) is 10.7 Å². The molecule has 0 spiro atoms. The van der Waals surface area contributed by atoms with E-state index in [2.05, 4.69) is 10.6 Å². The van der Waals surface area contributed by atoms with E-state index in [4.69, 9.17) is 14.2 Å². The quantitative estimate of drug-likeness (QED) is 0.414. The Bertz CT molecular complexity index is 1220. The molecule has 0 saturated carbocycles. The maximum atomic E-state index is 13.2. The number of fused-ring (bicyclic) bond motifs is 1. The number of thiophene rings is 1. The fourth-order valence-electron chi connectivity index (χ4n) is 3.38. The van der Waals surface area contributed by atoms with Gasteiger partial charge in [0.15, 0.2) is 0 Å². The van der Waals surface area contributed by atoms with Gasteiger partial charge in [-0.25, -0.2) is 4.79 Å². The molecule has 33 heavy (non-hydrogen) atoms. The molecule has 3 aromatic rings. The van der Waals surface area contributed by atoms with Crippen molar-refractivity contribution >= 4 is 39.8 Å². The second-order valence-corrected chi connectivity index (χ2v) is 8.22. The summed E-state index contributed by atoms with van der Waals surface area (Å²) in [6.07, 6.45) is 0. The van der Waals surface area contributed by atoms with Crippen molar-refractivity contribution in [2.24, 2.45) is 0 Å². The van der Waals surface area contributed by atoms with Gasteiger partial charge in [0.05, 0.1) is 19.4 Å². The summed E-state index contributed by atoms with van der Waals surface area (Å²) in [6.45, 7) is 3.26. The number of hydrogen-bond acceptors (Lipinski definition) is 7. The number of ether oxygens (including phenoxy) is 3. The Balaban J connectivity index is 1.67. The Kier molecular flexibility index (Phi) is 6.06. The lowest BCUT2D eigenvalue weighted by Gasteiger charge is -2.33. The second kappa shape index (κ2) is 8.95. The van der Waals surface area contributed by atoms with Gasteiger partial charge in [0.2, 0.25) is 0 Å². The van der Waals surface area contributed by atoms with Gasteiger partial charge in [0.1, 0.15) is 22.1 Å². The molecule has 0 radical (unpaired) electrons. The van der Waals surface area contributed by atoms with Crippen LogP contribution >= 0.6 is 11.3 Å². The third-order valence-electron chi connectivity index (χ3n) is 5.21. The molecule has 1 atom stereocenters. The first-order valence-electron chi connectivity index (χ1n) is 10.2. The molecule has 4 rings (SSSR count).